The number of allylic oxidation sites excluding steroid dienone is 1. The van der Waals surface area contributed by atoms with Crippen molar-refractivity contribution in [2.24, 2.45) is 34.0 Å². The normalized spacial score (nSPS) is 40.6. The number of hydrogen-bond acceptors (Lipinski definition) is 5. The van der Waals surface area contributed by atoms with E-state index < -0.39 is 5.41 Å². The Kier molecular flexibility index (Phi) is 5.44. The van der Waals surface area contributed by atoms with Crippen molar-refractivity contribution in [2.75, 3.05) is 19.8 Å². The summed E-state index contributed by atoms with van der Waals surface area (Å²) < 4.78 is 12.0. The molecule has 4 aliphatic rings. The van der Waals surface area contributed by atoms with E-state index in [0.717, 1.165) is 38.5 Å². The number of carbonyl (C=O) groups is 2. The van der Waals surface area contributed by atoms with Crippen LogP contribution in [0, 0.1) is 34.0 Å². The molecule has 0 aliphatic heterocycles. The molecule has 0 aromatic heterocycles. The van der Waals surface area contributed by atoms with E-state index in [2.05, 4.69) is 12.2 Å². The van der Waals surface area contributed by atoms with Gasteiger partial charge in [-0.15, -0.1) is 0 Å². The zero-order chi connectivity index (χ0) is 20.9. The molecule has 0 saturated heterocycles. The second-order valence-corrected chi connectivity index (χ2v) is 10.6. The van der Waals surface area contributed by atoms with Gasteiger partial charge in [-0.1, -0.05) is 12.2 Å². The van der Waals surface area contributed by atoms with Crippen molar-refractivity contribution in [3.8, 4) is 0 Å². The van der Waals surface area contributed by atoms with Gasteiger partial charge in [0, 0.05) is 23.7 Å². The molecule has 0 heterocycles. The summed E-state index contributed by atoms with van der Waals surface area (Å²) in [6.07, 6.45) is 11.0. The molecule has 1 unspecified atom stereocenters. The van der Waals surface area contributed by atoms with E-state index in [9.17, 15) is 14.7 Å². The monoisotopic (exact) mass is 404 g/mol. The quantitative estimate of drug-likeness (QED) is 0.540. The van der Waals surface area contributed by atoms with Crippen molar-refractivity contribution < 1.29 is 24.2 Å². The highest BCUT2D eigenvalue weighted by molar-refractivity contribution is 5.83. The average molecular weight is 405 g/mol. The van der Waals surface area contributed by atoms with Crippen LogP contribution in [-0.2, 0) is 19.1 Å². The van der Waals surface area contributed by atoms with Crippen LogP contribution in [0.5, 0.6) is 0 Å². The Morgan fingerprint density at radius 1 is 1.28 bits per heavy atom. The number of aliphatic hydroxyl groups is 1. The van der Waals surface area contributed by atoms with Crippen LogP contribution in [-0.4, -0.2) is 42.8 Å². The van der Waals surface area contributed by atoms with Gasteiger partial charge in [-0.05, 0) is 70.6 Å². The van der Waals surface area contributed by atoms with Crippen LogP contribution in [0.2, 0.25) is 0 Å². The van der Waals surface area contributed by atoms with Crippen LogP contribution in [0.1, 0.15) is 65.7 Å². The molecule has 4 bridgehead atoms. The Hall–Kier alpha value is -1.20. The number of Topliss-reactive ketones (excluding diaryl/α,β-unsaturated/α-hetero) is 1. The molecule has 0 amide bonds. The molecule has 162 valence electrons. The summed E-state index contributed by atoms with van der Waals surface area (Å²) in [6, 6.07) is 0. The molecule has 1 N–H and O–H groups in total. The van der Waals surface area contributed by atoms with Gasteiger partial charge in [0.15, 0.2) is 0 Å². The lowest BCUT2D eigenvalue weighted by Crippen LogP contribution is -2.53. The van der Waals surface area contributed by atoms with E-state index in [-0.39, 0.29) is 41.3 Å². The molecular weight excluding hydrogens is 368 g/mol. The van der Waals surface area contributed by atoms with Crippen molar-refractivity contribution in [1.82, 2.24) is 0 Å². The maximum Gasteiger partial charge on any atom is 0.311 e. The molecule has 29 heavy (non-hydrogen) atoms. The summed E-state index contributed by atoms with van der Waals surface area (Å²) in [7, 11) is 0. The van der Waals surface area contributed by atoms with Gasteiger partial charge in [-0.2, -0.15) is 0 Å². The molecule has 3 fully saturated rings. The van der Waals surface area contributed by atoms with Crippen molar-refractivity contribution in [1.29, 1.82) is 0 Å². The SMILES string of the molecule is CC(C)(C)C(=O)OCC[C@]12CC[C@@H]3C(=O)CCC[C@]34C(OCCO)[C@@H]1C=CC[C@H]24. The smallest absolute Gasteiger partial charge is 0.311 e. The zero-order valence-electron chi connectivity index (χ0n) is 18.1. The Bertz CT molecular complexity index is 692. The lowest BCUT2D eigenvalue weighted by atomic mass is 9.49. The maximum absolute atomic E-state index is 12.9. The molecule has 1 spiro atoms. The molecule has 0 aromatic carbocycles. The zero-order valence-corrected chi connectivity index (χ0v) is 18.1. The lowest BCUT2D eigenvalue weighted by Gasteiger charge is -2.55. The Labute approximate surface area is 174 Å². The van der Waals surface area contributed by atoms with Gasteiger partial charge >= 0.3 is 5.97 Å². The number of rotatable bonds is 6. The fourth-order valence-corrected chi connectivity index (χ4v) is 7.32. The van der Waals surface area contributed by atoms with Gasteiger partial charge < -0.3 is 14.6 Å². The van der Waals surface area contributed by atoms with Crippen LogP contribution >= 0.6 is 0 Å². The van der Waals surface area contributed by atoms with E-state index in [4.69, 9.17) is 9.47 Å². The van der Waals surface area contributed by atoms with Gasteiger partial charge in [0.1, 0.15) is 5.78 Å². The van der Waals surface area contributed by atoms with E-state index in [1.165, 1.54) is 0 Å². The molecule has 5 heteroatoms. The third-order valence-corrected chi connectivity index (χ3v) is 8.35. The summed E-state index contributed by atoms with van der Waals surface area (Å²) in [5.41, 5.74) is -0.587. The number of aliphatic hydroxyl groups excluding tert-OH is 1. The second kappa shape index (κ2) is 7.49. The third-order valence-electron chi connectivity index (χ3n) is 8.35. The first-order valence-corrected chi connectivity index (χ1v) is 11.4. The minimum Gasteiger partial charge on any atom is -0.465 e. The van der Waals surface area contributed by atoms with Gasteiger partial charge in [-0.3, -0.25) is 9.59 Å². The molecule has 0 aromatic rings. The predicted octanol–water partition coefficient (Wildman–Crippen LogP) is 3.69. The molecule has 4 rings (SSSR count). The second-order valence-electron chi connectivity index (χ2n) is 10.6. The maximum atomic E-state index is 12.9. The molecule has 6 atom stereocenters. The summed E-state index contributed by atoms with van der Waals surface area (Å²) in [4.78, 5) is 25.2. The first-order chi connectivity index (χ1) is 13.8. The molecular formula is C24H36O5. The number of esters is 1. The molecule has 5 nitrogen and oxygen atoms in total. The number of carbonyl (C=O) groups excluding carboxylic acids is 2. The summed E-state index contributed by atoms with van der Waals surface area (Å²) >= 11 is 0. The van der Waals surface area contributed by atoms with Crippen molar-refractivity contribution in [2.45, 2.75) is 71.8 Å². The van der Waals surface area contributed by atoms with Crippen LogP contribution < -0.4 is 0 Å². The fraction of sp³-hybridized carbons (Fsp3) is 0.833. The van der Waals surface area contributed by atoms with Crippen molar-refractivity contribution >= 4 is 11.8 Å². The van der Waals surface area contributed by atoms with Crippen molar-refractivity contribution in [3.63, 3.8) is 0 Å². The van der Waals surface area contributed by atoms with Gasteiger partial charge in [0.2, 0.25) is 0 Å². The average Bonchev–Trinajstić information content (AvgIpc) is 2.79. The summed E-state index contributed by atoms with van der Waals surface area (Å²) in [6.45, 7) is 6.40. The Morgan fingerprint density at radius 3 is 2.79 bits per heavy atom. The van der Waals surface area contributed by atoms with Crippen LogP contribution in [0.15, 0.2) is 12.2 Å². The topological polar surface area (TPSA) is 72.8 Å². The van der Waals surface area contributed by atoms with Gasteiger partial charge in [-0.25, -0.2) is 0 Å². The van der Waals surface area contributed by atoms with E-state index >= 15 is 0 Å². The largest absolute Gasteiger partial charge is 0.465 e. The van der Waals surface area contributed by atoms with E-state index in [1.54, 1.807) is 0 Å². The molecule has 3 saturated carbocycles. The summed E-state index contributed by atoms with van der Waals surface area (Å²) in [5.74, 6) is 0.966. The summed E-state index contributed by atoms with van der Waals surface area (Å²) in [5, 5.41) is 9.43. The van der Waals surface area contributed by atoms with Crippen LogP contribution in [0.25, 0.3) is 0 Å². The highest BCUT2D eigenvalue weighted by atomic mass is 16.5. The van der Waals surface area contributed by atoms with Crippen LogP contribution in [0.3, 0.4) is 0 Å². The minimum absolute atomic E-state index is 0.00247. The highest BCUT2D eigenvalue weighted by Crippen LogP contribution is 2.74. The molecule has 4 aliphatic carbocycles. The number of ether oxygens (including phenoxy) is 2. The third kappa shape index (κ3) is 3.11. The lowest BCUT2D eigenvalue weighted by molar-refractivity contribution is -0.156. The number of hydrogen-bond donors (Lipinski definition) is 1. The highest BCUT2D eigenvalue weighted by Gasteiger charge is 2.73. The van der Waals surface area contributed by atoms with Gasteiger partial charge in [0.25, 0.3) is 0 Å². The van der Waals surface area contributed by atoms with E-state index in [0.29, 0.717) is 31.3 Å². The predicted molar refractivity (Wildman–Crippen MR) is 109 cm³/mol. The first kappa shape index (κ1) is 21.0. The Balaban J connectivity index is 1.64. The minimum atomic E-state index is -0.495. The van der Waals surface area contributed by atoms with Crippen molar-refractivity contribution in [3.05, 3.63) is 12.2 Å². The molecule has 0 radical (unpaired) electrons. The van der Waals surface area contributed by atoms with Crippen LogP contribution in [0.4, 0.5) is 0 Å². The number of ketones is 1. The Morgan fingerprint density at radius 2 is 2.07 bits per heavy atom. The van der Waals surface area contributed by atoms with E-state index in [1.807, 2.05) is 20.8 Å². The standard InChI is InChI=1S/C24H36O5/c1-22(2,3)21(27)29-14-12-23-11-9-16-18(26)7-5-10-24(16)19(23)8-4-6-17(23)20(24)28-15-13-25/h4,6,16-17,19-20,25H,5,7-15H2,1-3H3/t16-,17+,19-,20?,23-,24+/m1/s1. The first-order valence-electron chi connectivity index (χ1n) is 11.4. The fourth-order valence-electron chi connectivity index (χ4n) is 7.32. The van der Waals surface area contributed by atoms with Gasteiger partial charge in [0.05, 0.1) is 31.3 Å².